The van der Waals surface area contributed by atoms with Crippen LogP contribution in [0.15, 0.2) is 41.6 Å². The topological polar surface area (TPSA) is 66.0 Å². The Hall–Kier alpha value is -3.15. The van der Waals surface area contributed by atoms with E-state index in [2.05, 4.69) is 5.32 Å². The predicted octanol–water partition coefficient (Wildman–Crippen LogP) is 3.39. The molecule has 1 unspecified atom stereocenters. The van der Waals surface area contributed by atoms with Crippen molar-refractivity contribution in [2.45, 2.75) is 12.8 Å². The number of esters is 1. The van der Waals surface area contributed by atoms with Gasteiger partial charge in [0.15, 0.2) is 0 Å². The number of carbonyl (C=O) groups is 1. The molecule has 140 valence electrons. The zero-order valence-corrected chi connectivity index (χ0v) is 15.7. The van der Waals surface area contributed by atoms with Gasteiger partial charge < -0.3 is 24.3 Å². The van der Waals surface area contributed by atoms with E-state index in [-0.39, 0.29) is 18.5 Å². The van der Waals surface area contributed by atoms with E-state index in [9.17, 15) is 4.79 Å². The maximum Gasteiger partial charge on any atom is 0.337 e. The monoisotopic (exact) mass is 367 g/mol. The first-order chi connectivity index (χ1) is 13.0. The number of methoxy groups -OCH3 is 3. The first kappa shape index (κ1) is 17.3. The number of nitrogens with one attached hydrogen (secondary N) is 1. The Labute approximate surface area is 157 Å². The molecule has 2 aromatic rings. The number of ether oxygens (including phenoxy) is 4. The molecule has 2 aliphatic heterocycles. The fraction of sp³-hybridized carbons (Fsp3) is 0.286. The van der Waals surface area contributed by atoms with Gasteiger partial charge in [-0.25, -0.2) is 4.79 Å². The van der Waals surface area contributed by atoms with E-state index in [1.54, 1.807) is 21.3 Å². The van der Waals surface area contributed by atoms with Crippen molar-refractivity contribution in [1.29, 1.82) is 0 Å². The van der Waals surface area contributed by atoms with E-state index in [0.717, 1.165) is 33.8 Å². The van der Waals surface area contributed by atoms with Gasteiger partial charge in [0.25, 0.3) is 0 Å². The highest BCUT2D eigenvalue weighted by atomic mass is 16.5. The van der Waals surface area contributed by atoms with Gasteiger partial charge in [0.1, 0.15) is 23.9 Å². The minimum atomic E-state index is -0.302. The second kappa shape index (κ2) is 6.54. The van der Waals surface area contributed by atoms with Crippen LogP contribution in [0.1, 0.15) is 22.6 Å². The standard InChI is InChI=1S/C21H21NO5/c1-11-5-15-16(9-18(11)26-4)22-17-10-27-21(23)20(17)19(15)12-6-13(24-2)8-14(7-12)25-3/h5-9,19,22H,10H2,1-4H3. The van der Waals surface area contributed by atoms with Crippen LogP contribution in [0.5, 0.6) is 17.2 Å². The summed E-state index contributed by atoms with van der Waals surface area (Å²) in [5.41, 5.74) is 5.20. The van der Waals surface area contributed by atoms with Crippen molar-refractivity contribution < 1.29 is 23.7 Å². The van der Waals surface area contributed by atoms with Gasteiger partial charge in [-0.2, -0.15) is 0 Å². The van der Waals surface area contributed by atoms with Crippen LogP contribution in [-0.2, 0) is 9.53 Å². The Morgan fingerprint density at radius 2 is 1.70 bits per heavy atom. The van der Waals surface area contributed by atoms with E-state index in [1.807, 2.05) is 37.3 Å². The average Bonchev–Trinajstić information content (AvgIpc) is 3.05. The predicted molar refractivity (Wildman–Crippen MR) is 101 cm³/mol. The van der Waals surface area contributed by atoms with E-state index >= 15 is 0 Å². The van der Waals surface area contributed by atoms with Gasteiger partial charge >= 0.3 is 5.97 Å². The molecular formula is C21H21NO5. The third-order valence-corrected chi connectivity index (χ3v) is 5.05. The average molecular weight is 367 g/mol. The number of rotatable bonds is 4. The minimum absolute atomic E-state index is 0.238. The Kier molecular flexibility index (Phi) is 4.18. The molecule has 0 saturated heterocycles. The van der Waals surface area contributed by atoms with Gasteiger partial charge in [0.2, 0.25) is 0 Å². The zero-order valence-electron chi connectivity index (χ0n) is 15.7. The minimum Gasteiger partial charge on any atom is -0.497 e. The number of hydrogen-bond donors (Lipinski definition) is 1. The molecule has 0 spiro atoms. The quantitative estimate of drug-likeness (QED) is 0.836. The van der Waals surface area contributed by atoms with E-state index < -0.39 is 0 Å². The van der Waals surface area contributed by atoms with Crippen molar-refractivity contribution in [3.05, 3.63) is 58.3 Å². The molecule has 6 heteroatoms. The summed E-state index contributed by atoms with van der Waals surface area (Å²) in [6, 6.07) is 9.68. The summed E-state index contributed by atoms with van der Waals surface area (Å²) in [7, 11) is 4.87. The van der Waals surface area contributed by atoms with Crippen LogP contribution >= 0.6 is 0 Å². The van der Waals surface area contributed by atoms with Crippen LogP contribution in [0.2, 0.25) is 0 Å². The number of carbonyl (C=O) groups excluding carboxylic acids is 1. The molecule has 0 bridgehead atoms. The molecule has 0 fully saturated rings. The summed E-state index contributed by atoms with van der Waals surface area (Å²) in [5.74, 6) is 1.55. The molecule has 6 nitrogen and oxygen atoms in total. The molecule has 0 aromatic heterocycles. The lowest BCUT2D eigenvalue weighted by molar-refractivity contribution is -0.136. The second-order valence-corrected chi connectivity index (χ2v) is 6.58. The maximum absolute atomic E-state index is 12.5. The van der Waals surface area contributed by atoms with Crippen molar-refractivity contribution in [1.82, 2.24) is 0 Å². The normalized spacial score (nSPS) is 17.6. The highest BCUT2D eigenvalue weighted by Crippen LogP contribution is 2.47. The highest BCUT2D eigenvalue weighted by Gasteiger charge is 2.39. The third-order valence-electron chi connectivity index (χ3n) is 5.05. The fourth-order valence-corrected chi connectivity index (χ4v) is 3.75. The van der Waals surface area contributed by atoms with E-state index in [4.69, 9.17) is 18.9 Å². The zero-order chi connectivity index (χ0) is 19.1. The molecule has 27 heavy (non-hydrogen) atoms. The molecule has 0 aliphatic carbocycles. The second-order valence-electron chi connectivity index (χ2n) is 6.58. The van der Waals surface area contributed by atoms with Crippen LogP contribution in [0.4, 0.5) is 5.69 Å². The van der Waals surface area contributed by atoms with Gasteiger partial charge in [0.05, 0.1) is 32.6 Å². The molecule has 0 amide bonds. The maximum atomic E-state index is 12.5. The summed E-state index contributed by atoms with van der Waals surface area (Å²) < 4.78 is 21.6. The molecule has 1 atom stereocenters. The summed E-state index contributed by atoms with van der Waals surface area (Å²) in [5, 5.41) is 3.34. The number of benzene rings is 2. The van der Waals surface area contributed by atoms with Gasteiger partial charge in [-0.3, -0.25) is 0 Å². The van der Waals surface area contributed by atoms with Crippen molar-refractivity contribution >= 4 is 11.7 Å². The number of aryl methyl sites for hydroxylation is 1. The molecule has 2 aliphatic rings. The van der Waals surface area contributed by atoms with E-state index in [1.165, 1.54) is 0 Å². The van der Waals surface area contributed by atoms with Crippen LogP contribution in [0, 0.1) is 6.92 Å². The summed E-state index contributed by atoms with van der Waals surface area (Å²) in [4.78, 5) is 12.5. The largest absolute Gasteiger partial charge is 0.497 e. The number of fused-ring (bicyclic) bond motifs is 1. The lowest BCUT2D eigenvalue weighted by atomic mass is 9.80. The Balaban J connectivity index is 1.95. The van der Waals surface area contributed by atoms with E-state index in [0.29, 0.717) is 17.1 Å². The number of anilines is 1. The summed E-state index contributed by atoms with van der Waals surface area (Å²) in [6.07, 6.45) is 0. The molecule has 1 N–H and O–H groups in total. The molecule has 0 radical (unpaired) electrons. The van der Waals surface area contributed by atoms with Crippen molar-refractivity contribution in [3.63, 3.8) is 0 Å². The van der Waals surface area contributed by atoms with Crippen molar-refractivity contribution in [2.75, 3.05) is 33.3 Å². The third kappa shape index (κ3) is 2.77. The SMILES string of the molecule is COc1cc(OC)cc(C2C3=C(COC3=O)Nc3cc(OC)c(C)cc32)c1. The van der Waals surface area contributed by atoms with Crippen molar-refractivity contribution in [3.8, 4) is 17.2 Å². The van der Waals surface area contributed by atoms with Crippen LogP contribution in [0.3, 0.4) is 0 Å². The summed E-state index contributed by atoms with van der Waals surface area (Å²) in [6.45, 7) is 2.22. The lowest BCUT2D eigenvalue weighted by Crippen LogP contribution is -2.20. The number of hydrogen-bond acceptors (Lipinski definition) is 6. The molecule has 2 heterocycles. The molecular weight excluding hydrogens is 346 g/mol. The van der Waals surface area contributed by atoms with Crippen molar-refractivity contribution in [2.24, 2.45) is 0 Å². The lowest BCUT2D eigenvalue weighted by Gasteiger charge is -2.28. The van der Waals surface area contributed by atoms with Crippen LogP contribution in [-0.4, -0.2) is 33.9 Å². The molecule has 4 rings (SSSR count). The Morgan fingerprint density at radius 1 is 1.00 bits per heavy atom. The summed E-state index contributed by atoms with van der Waals surface area (Å²) >= 11 is 0. The molecule has 0 saturated carbocycles. The van der Waals surface area contributed by atoms with Crippen LogP contribution < -0.4 is 19.5 Å². The van der Waals surface area contributed by atoms with Crippen LogP contribution in [0.25, 0.3) is 0 Å². The molecule has 2 aromatic carbocycles. The Bertz CT molecular complexity index is 941. The first-order valence-corrected chi connectivity index (χ1v) is 8.64. The fourth-order valence-electron chi connectivity index (χ4n) is 3.75. The first-order valence-electron chi connectivity index (χ1n) is 8.64. The van der Waals surface area contributed by atoms with Gasteiger partial charge in [-0.05, 0) is 41.8 Å². The highest BCUT2D eigenvalue weighted by molar-refractivity contribution is 5.97. The van der Waals surface area contributed by atoms with Gasteiger partial charge in [-0.1, -0.05) is 0 Å². The van der Waals surface area contributed by atoms with Gasteiger partial charge in [0, 0.05) is 23.7 Å². The van der Waals surface area contributed by atoms with Gasteiger partial charge in [-0.15, -0.1) is 0 Å². The number of cyclic esters (lactones) is 1. The Morgan fingerprint density at radius 3 is 2.33 bits per heavy atom. The smallest absolute Gasteiger partial charge is 0.337 e.